The van der Waals surface area contributed by atoms with Crippen molar-refractivity contribution in [2.75, 3.05) is 12.4 Å². The highest BCUT2D eigenvalue weighted by molar-refractivity contribution is 9.10. The quantitative estimate of drug-likeness (QED) is 0.648. The number of hydrogen-bond acceptors (Lipinski definition) is 2. The van der Waals surface area contributed by atoms with Crippen LogP contribution in [0.25, 0.3) is 0 Å². The van der Waals surface area contributed by atoms with E-state index in [9.17, 15) is 4.39 Å². The van der Waals surface area contributed by atoms with Crippen molar-refractivity contribution in [3.8, 4) is 5.75 Å². The predicted octanol–water partition coefficient (Wildman–Crippen LogP) is 4.19. The Morgan fingerprint density at radius 2 is 2.27 bits per heavy atom. The molecule has 5 heteroatoms. The predicted molar refractivity (Wildman–Crippen MR) is 67.6 cm³/mol. The van der Waals surface area contributed by atoms with Crippen molar-refractivity contribution < 1.29 is 9.13 Å². The molecule has 0 radical (unpaired) electrons. The standard InChI is InChI=1S/C10H11BrClFOS/c1-6(5-15)4-14-10-3-9(13)8(12)2-7(10)11/h2-3,6,15H,4-5H2,1H3. The van der Waals surface area contributed by atoms with Gasteiger partial charge in [0.25, 0.3) is 0 Å². The molecule has 1 aromatic carbocycles. The zero-order chi connectivity index (χ0) is 11.4. The van der Waals surface area contributed by atoms with E-state index in [0.29, 0.717) is 22.7 Å². The lowest BCUT2D eigenvalue weighted by molar-refractivity contribution is 0.271. The Morgan fingerprint density at radius 3 is 2.87 bits per heavy atom. The van der Waals surface area contributed by atoms with Crippen LogP contribution in [0.1, 0.15) is 6.92 Å². The molecule has 1 atom stereocenters. The minimum absolute atomic E-state index is 0.0801. The fourth-order valence-electron chi connectivity index (χ4n) is 0.900. The topological polar surface area (TPSA) is 9.23 Å². The van der Waals surface area contributed by atoms with E-state index in [1.54, 1.807) is 0 Å². The number of rotatable bonds is 4. The van der Waals surface area contributed by atoms with E-state index in [2.05, 4.69) is 28.6 Å². The summed E-state index contributed by atoms with van der Waals surface area (Å²) in [5, 5.41) is 0.0801. The monoisotopic (exact) mass is 312 g/mol. The van der Waals surface area contributed by atoms with Gasteiger partial charge in [-0.2, -0.15) is 12.6 Å². The molecule has 0 aliphatic carbocycles. The van der Waals surface area contributed by atoms with Crippen LogP contribution in [0.15, 0.2) is 16.6 Å². The molecule has 0 aliphatic heterocycles. The van der Waals surface area contributed by atoms with Crippen molar-refractivity contribution in [3.63, 3.8) is 0 Å². The van der Waals surface area contributed by atoms with Crippen LogP contribution in [0.4, 0.5) is 4.39 Å². The summed E-state index contributed by atoms with van der Waals surface area (Å²) < 4.78 is 19.2. The highest BCUT2D eigenvalue weighted by Crippen LogP contribution is 2.30. The fraction of sp³-hybridized carbons (Fsp3) is 0.400. The molecule has 1 nitrogen and oxygen atoms in total. The molecule has 1 rings (SSSR count). The van der Waals surface area contributed by atoms with Crippen LogP contribution in [0.5, 0.6) is 5.75 Å². The highest BCUT2D eigenvalue weighted by atomic mass is 79.9. The van der Waals surface area contributed by atoms with Crippen LogP contribution in [0, 0.1) is 11.7 Å². The van der Waals surface area contributed by atoms with Gasteiger partial charge in [0.2, 0.25) is 0 Å². The first-order valence-corrected chi connectivity index (χ1v) is 6.23. The van der Waals surface area contributed by atoms with E-state index >= 15 is 0 Å². The van der Waals surface area contributed by atoms with Crippen LogP contribution in [-0.2, 0) is 0 Å². The van der Waals surface area contributed by atoms with Gasteiger partial charge >= 0.3 is 0 Å². The third-order valence-corrected chi connectivity index (χ3v) is 3.34. The molecular weight excluding hydrogens is 303 g/mol. The largest absolute Gasteiger partial charge is 0.492 e. The van der Waals surface area contributed by atoms with E-state index in [0.717, 1.165) is 5.75 Å². The lowest BCUT2D eigenvalue weighted by atomic mass is 10.2. The minimum atomic E-state index is -0.478. The average Bonchev–Trinajstić information content (AvgIpc) is 2.21. The molecule has 0 saturated heterocycles. The van der Waals surface area contributed by atoms with Gasteiger partial charge in [0, 0.05) is 6.07 Å². The van der Waals surface area contributed by atoms with Gasteiger partial charge in [0.1, 0.15) is 11.6 Å². The zero-order valence-electron chi connectivity index (χ0n) is 8.14. The number of ether oxygens (including phenoxy) is 1. The molecule has 0 bridgehead atoms. The average molecular weight is 314 g/mol. The molecule has 0 aromatic heterocycles. The van der Waals surface area contributed by atoms with E-state index in [1.165, 1.54) is 12.1 Å². The SMILES string of the molecule is CC(CS)COc1cc(F)c(Cl)cc1Br. The molecule has 0 N–H and O–H groups in total. The van der Waals surface area contributed by atoms with Crippen molar-refractivity contribution in [2.24, 2.45) is 5.92 Å². The Labute approximate surface area is 107 Å². The Hall–Kier alpha value is 0.0700. The summed E-state index contributed by atoms with van der Waals surface area (Å²) in [6.45, 7) is 2.51. The summed E-state index contributed by atoms with van der Waals surface area (Å²) in [6, 6.07) is 2.76. The molecule has 0 saturated carbocycles. The molecule has 0 amide bonds. The summed E-state index contributed by atoms with van der Waals surface area (Å²) in [7, 11) is 0. The Bertz CT molecular complexity index is 348. The lowest BCUT2D eigenvalue weighted by Crippen LogP contribution is -2.10. The number of halogens is 3. The number of benzene rings is 1. The van der Waals surface area contributed by atoms with Crippen LogP contribution >= 0.6 is 40.2 Å². The lowest BCUT2D eigenvalue weighted by Gasteiger charge is -2.12. The number of hydrogen-bond donors (Lipinski definition) is 1. The zero-order valence-corrected chi connectivity index (χ0v) is 11.4. The second-order valence-corrected chi connectivity index (χ2v) is 4.92. The molecule has 15 heavy (non-hydrogen) atoms. The van der Waals surface area contributed by atoms with Crippen LogP contribution in [-0.4, -0.2) is 12.4 Å². The van der Waals surface area contributed by atoms with Gasteiger partial charge in [0.05, 0.1) is 16.1 Å². The van der Waals surface area contributed by atoms with Crippen molar-refractivity contribution >= 4 is 40.2 Å². The normalized spacial score (nSPS) is 12.6. The molecule has 1 unspecified atom stereocenters. The fourth-order valence-corrected chi connectivity index (χ4v) is 1.76. The molecule has 0 aliphatic rings. The summed E-state index contributed by atoms with van der Waals surface area (Å²) in [6.07, 6.45) is 0. The third kappa shape index (κ3) is 3.85. The van der Waals surface area contributed by atoms with E-state index in [4.69, 9.17) is 16.3 Å². The maximum Gasteiger partial charge on any atom is 0.145 e. The highest BCUT2D eigenvalue weighted by Gasteiger charge is 2.09. The number of thiol groups is 1. The maximum atomic E-state index is 13.1. The van der Waals surface area contributed by atoms with Crippen molar-refractivity contribution in [3.05, 3.63) is 27.4 Å². The van der Waals surface area contributed by atoms with Gasteiger partial charge in [-0.15, -0.1) is 0 Å². The first-order chi connectivity index (χ1) is 7.04. The molecule has 1 aromatic rings. The van der Waals surface area contributed by atoms with Crippen LogP contribution in [0.3, 0.4) is 0 Å². The second-order valence-electron chi connectivity index (χ2n) is 3.30. The first-order valence-electron chi connectivity index (χ1n) is 4.42. The van der Waals surface area contributed by atoms with Gasteiger partial charge in [-0.05, 0) is 33.7 Å². The van der Waals surface area contributed by atoms with Gasteiger partial charge in [-0.25, -0.2) is 4.39 Å². The van der Waals surface area contributed by atoms with Crippen LogP contribution in [0.2, 0.25) is 5.02 Å². The first kappa shape index (κ1) is 13.1. The minimum Gasteiger partial charge on any atom is -0.492 e. The van der Waals surface area contributed by atoms with E-state index < -0.39 is 5.82 Å². The summed E-state index contributed by atoms with van der Waals surface area (Å²) in [5.41, 5.74) is 0. The maximum absolute atomic E-state index is 13.1. The van der Waals surface area contributed by atoms with Crippen molar-refractivity contribution in [1.82, 2.24) is 0 Å². The summed E-state index contributed by atoms with van der Waals surface area (Å²) in [4.78, 5) is 0. The van der Waals surface area contributed by atoms with Gasteiger partial charge < -0.3 is 4.74 Å². The summed E-state index contributed by atoms with van der Waals surface area (Å²) >= 11 is 13.0. The Balaban J connectivity index is 2.73. The van der Waals surface area contributed by atoms with Gasteiger partial charge in [-0.3, -0.25) is 0 Å². The summed E-state index contributed by atoms with van der Waals surface area (Å²) in [5.74, 6) is 1.03. The van der Waals surface area contributed by atoms with Gasteiger partial charge in [-0.1, -0.05) is 18.5 Å². The molecule has 84 valence electrons. The Morgan fingerprint density at radius 1 is 1.60 bits per heavy atom. The molecule has 0 fully saturated rings. The third-order valence-electron chi connectivity index (χ3n) is 1.81. The molecule has 0 spiro atoms. The van der Waals surface area contributed by atoms with E-state index in [1.807, 2.05) is 6.92 Å². The van der Waals surface area contributed by atoms with Gasteiger partial charge in [0.15, 0.2) is 0 Å². The second kappa shape index (κ2) is 5.97. The Kier molecular flexibility index (Phi) is 5.23. The van der Waals surface area contributed by atoms with Crippen molar-refractivity contribution in [2.45, 2.75) is 6.92 Å². The molecule has 0 heterocycles. The van der Waals surface area contributed by atoms with Crippen LogP contribution < -0.4 is 4.74 Å². The van der Waals surface area contributed by atoms with E-state index in [-0.39, 0.29) is 5.02 Å². The van der Waals surface area contributed by atoms with Crippen molar-refractivity contribution in [1.29, 1.82) is 0 Å². The molecular formula is C10H11BrClFOS. The smallest absolute Gasteiger partial charge is 0.145 e.